The maximum Gasteiger partial charge on any atom is 0.121 e. The normalized spacial score (nSPS) is 12.1. The molecule has 0 atom stereocenters. The zero-order valence-electron chi connectivity index (χ0n) is 11.8. The van der Waals surface area contributed by atoms with Gasteiger partial charge < -0.3 is 9.13 Å². The number of benzene rings is 1. The molecule has 2 heteroatoms. The van der Waals surface area contributed by atoms with Gasteiger partial charge in [-0.15, -0.1) is 0 Å². The van der Waals surface area contributed by atoms with Gasteiger partial charge in [0.15, 0.2) is 0 Å². The topological polar surface area (TPSA) is 9.86 Å². The van der Waals surface area contributed by atoms with E-state index in [2.05, 4.69) is 68.3 Å². The smallest absolute Gasteiger partial charge is 0.121 e. The van der Waals surface area contributed by atoms with E-state index >= 15 is 0 Å². The SMILES string of the molecule is Cc1c(C(C)C)c2c3ccccc3n(C)c2n1C. The second-order valence-corrected chi connectivity index (χ2v) is 5.49. The van der Waals surface area contributed by atoms with Crippen LogP contribution in [-0.4, -0.2) is 9.13 Å². The van der Waals surface area contributed by atoms with Gasteiger partial charge in [0.25, 0.3) is 0 Å². The highest BCUT2D eigenvalue weighted by Crippen LogP contribution is 2.37. The fraction of sp³-hybridized carbons (Fsp3) is 0.375. The van der Waals surface area contributed by atoms with Crippen molar-refractivity contribution in [1.29, 1.82) is 0 Å². The van der Waals surface area contributed by atoms with Crippen molar-refractivity contribution in [2.24, 2.45) is 14.1 Å². The maximum atomic E-state index is 2.32. The third-order valence-corrected chi connectivity index (χ3v) is 4.13. The second-order valence-electron chi connectivity index (χ2n) is 5.49. The molecule has 0 radical (unpaired) electrons. The summed E-state index contributed by atoms with van der Waals surface area (Å²) in [5, 5.41) is 2.81. The van der Waals surface area contributed by atoms with Crippen molar-refractivity contribution in [1.82, 2.24) is 9.13 Å². The molecule has 3 rings (SSSR count). The third kappa shape index (κ3) is 1.23. The molecule has 18 heavy (non-hydrogen) atoms. The highest BCUT2D eigenvalue weighted by molar-refractivity contribution is 6.09. The Morgan fingerprint density at radius 3 is 2.33 bits per heavy atom. The van der Waals surface area contributed by atoms with E-state index in [9.17, 15) is 0 Å². The first-order valence-electron chi connectivity index (χ1n) is 6.56. The summed E-state index contributed by atoms with van der Waals surface area (Å²) in [6.45, 7) is 6.79. The van der Waals surface area contributed by atoms with Crippen LogP contribution in [0.1, 0.15) is 31.0 Å². The molecule has 0 amide bonds. The van der Waals surface area contributed by atoms with E-state index in [1.165, 1.54) is 33.2 Å². The Balaban J connectivity index is 2.64. The number of aromatic nitrogens is 2. The van der Waals surface area contributed by atoms with E-state index in [0.29, 0.717) is 5.92 Å². The van der Waals surface area contributed by atoms with E-state index in [0.717, 1.165) is 0 Å². The molecule has 2 heterocycles. The molecule has 0 bridgehead atoms. The second kappa shape index (κ2) is 3.64. The number of para-hydroxylation sites is 1. The van der Waals surface area contributed by atoms with Crippen LogP contribution in [0.3, 0.4) is 0 Å². The number of hydrogen-bond donors (Lipinski definition) is 0. The molecule has 3 aromatic rings. The van der Waals surface area contributed by atoms with Gasteiger partial charge in [-0.2, -0.15) is 0 Å². The summed E-state index contributed by atoms with van der Waals surface area (Å²) < 4.78 is 4.63. The van der Waals surface area contributed by atoms with Crippen LogP contribution in [-0.2, 0) is 14.1 Å². The van der Waals surface area contributed by atoms with Crippen LogP contribution in [0.25, 0.3) is 21.9 Å². The zero-order valence-corrected chi connectivity index (χ0v) is 11.8. The lowest BCUT2D eigenvalue weighted by atomic mass is 9.99. The molecule has 1 aromatic carbocycles. The monoisotopic (exact) mass is 240 g/mol. The van der Waals surface area contributed by atoms with Gasteiger partial charge in [-0.1, -0.05) is 32.0 Å². The molecule has 2 nitrogen and oxygen atoms in total. The summed E-state index contributed by atoms with van der Waals surface area (Å²) in [6.07, 6.45) is 0. The molecule has 2 aromatic heterocycles. The van der Waals surface area contributed by atoms with Crippen LogP contribution in [0.5, 0.6) is 0 Å². The highest BCUT2D eigenvalue weighted by Gasteiger charge is 2.20. The first-order chi connectivity index (χ1) is 8.54. The Labute approximate surface area is 108 Å². The van der Waals surface area contributed by atoms with Gasteiger partial charge in [-0.05, 0) is 24.5 Å². The van der Waals surface area contributed by atoms with Gasteiger partial charge >= 0.3 is 0 Å². The number of rotatable bonds is 1. The molecule has 0 aliphatic carbocycles. The Bertz CT molecular complexity index is 741. The number of aryl methyl sites for hydroxylation is 2. The first kappa shape index (κ1) is 11.4. The minimum Gasteiger partial charge on any atom is -0.334 e. The summed E-state index contributed by atoms with van der Waals surface area (Å²) in [4.78, 5) is 0. The van der Waals surface area contributed by atoms with Gasteiger partial charge in [-0.25, -0.2) is 0 Å². The fourth-order valence-corrected chi connectivity index (χ4v) is 3.26. The summed E-state index contributed by atoms with van der Waals surface area (Å²) in [5.74, 6) is 0.555. The average Bonchev–Trinajstić information content (AvgIpc) is 2.77. The van der Waals surface area contributed by atoms with Crippen LogP contribution in [0.15, 0.2) is 24.3 Å². The van der Waals surface area contributed by atoms with Crippen LogP contribution in [0.2, 0.25) is 0 Å². The van der Waals surface area contributed by atoms with Crippen molar-refractivity contribution in [2.45, 2.75) is 26.7 Å². The lowest BCUT2D eigenvalue weighted by Gasteiger charge is -2.07. The van der Waals surface area contributed by atoms with Crippen molar-refractivity contribution in [2.75, 3.05) is 0 Å². The van der Waals surface area contributed by atoms with Crippen molar-refractivity contribution < 1.29 is 0 Å². The first-order valence-corrected chi connectivity index (χ1v) is 6.56. The summed E-state index contributed by atoms with van der Waals surface area (Å²) in [6, 6.07) is 8.69. The number of nitrogens with zero attached hydrogens (tertiary/aromatic N) is 2. The zero-order chi connectivity index (χ0) is 13.0. The van der Waals surface area contributed by atoms with Crippen molar-refractivity contribution in [3.05, 3.63) is 35.5 Å². The summed E-state index contributed by atoms with van der Waals surface area (Å²) in [5.41, 5.74) is 5.53. The number of fused-ring (bicyclic) bond motifs is 3. The van der Waals surface area contributed by atoms with Gasteiger partial charge in [0.05, 0.1) is 5.52 Å². The van der Waals surface area contributed by atoms with Crippen molar-refractivity contribution in [3.8, 4) is 0 Å². The summed E-state index contributed by atoms with van der Waals surface area (Å²) >= 11 is 0. The Hall–Kier alpha value is -1.70. The standard InChI is InChI=1S/C16H20N2/c1-10(2)14-11(3)17(4)16-15(14)12-8-6-7-9-13(12)18(16)5/h6-10H,1-5H3. The molecule has 0 saturated carbocycles. The maximum absolute atomic E-state index is 2.32. The molecular formula is C16H20N2. The lowest BCUT2D eigenvalue weighted by Crippen LogP contribution is -1.98. The number of hydrogen-bond acceptors (Lipinski definition) is 0. The van der Waals surface area contributed by atoms with E-state index in [-0.39, 0.29) is 0 Å². The molecule has 0 fully saturated rings. The van der Waals surface area contributed by atoms with Crippen molar-refractivity contribution >= 4 is 21.9 Å². The molecule has 0 saturated heterocycles. The van der Waals surface area contributed by atoms with Crippen LogP contribution < -0.4 is 0 Å². The van der Waals surface area contributed by atoms with Crippen LogP contribution in [0.4, 0.5) is 0 Å². The minimum atomic E-state index is 0.555. The van der Waals surface area contributed by atoms with E-state index in [4.69, 9.17) is 0 Å². The molecule has 0 spiro atoms. The molecular weight excluding hydrogens is 220 g/mol. The Morgan fingerprint density at radius 1 is 1.00 bits per heavy atom. The predicted octanol–water partition coefficient (Wildman–Crippen LogP) is 4.10. The predicted molar refractivity (Wildman–Crippen MR) is 78.2 cm³/mol. The average molecular weight is 240 g/mol. The molecule has 0 aliphatic rings. The van der Waals surface area contributed by atoms with Gasteiger partial charge in [0.2, 0.25) is 0 Å². The van der Waals surface area contributed by atoms with Crippen LogP contribution in [0, 0.1) is 6.92 Å². The molecule has 0 N–H and O–H groups in total. The molecule has 0 aliphatic heterocycles. The van der Waals surface area contributed by atoms with E-state index in [1.807, 2.05) is 0 Å². The molecule has 0 unspecified atom stereocenters. The van der Waals surface area contributed by atoms with Gasteiger partial charge in [0.1, 0.15) is 5.65 Å². The Kier molecular flexibility index (Phi) is 2.31. The largest absolute Gasteiger partial charge is 0.334 e. The van der Waals surface area contributed by atoms with Crippen LogP contribution >= 0.6 is 0 Å². The van der Waals surface area contributed by atoms with E-state index in [1.54, 1.807) is 0 Å². The fourth-order valence-electron chi connectivity index (χ4n) is 3.26. The van der Waals surface area contributed by atoms with E-state index < -0.39 is 0 Å². The third-order valence-electron chi connectivity index (χ3n) is 4.13. The molecule has 94 valence electrons. The van der Waals surface area contributed by atoms with Gasteiger partial charge in [0, 0.05) is 30.6 Å². The van der Waals surface area contributed by atoms with Crippen molar-refractivity contribution in [3.63, 3.8) is 0 Å². The highest BCUT2D eigenvalue weighted by atomic mass is 15.1. The minimum absolute atomic E-state index is 0.555. The summed E-state index contributed by atoms with van der Waals surface area (Å²) in [7, 11) is 4.33. The lowest BCUT2D eigenvalue weighted by molar-refractivity contribution is 0.813. The Morgan fingerprint density at radius 2 is 1.67 bits per heavy atom. The van der Waals surface area contributed by atoms with Gasteiger partial charge in [-0.3, -0.25) is 0 Å². The quantitative estimate of drug-likeness (QED) is 0.606.